The summed E-state index contributed by atoms with van der Waals surface area (Å²) < 4.78 is 0. The zero-order chi connectivity index (χ0) is 13.0. The Bertz CT molecular complexity index is 264. The zero-order valence-corrected chi connectivity index (χ0v) is 11.6. The van der Waals surface area contributed by atoms with Crippen molar-refractivity contribution in [1.82, 2.24) is 4.90 Å². The Morgan fingerprint density at radius 3 is 1.89 bits per heavy atom. The standard InChI is InChI=1S/C15H27NO2/c1-16(13-6-4-2-3-5-7-13)14-10-8-12(9-11-14)15(17)18/h12-14H,2-11H2,1H3,(H,17,18). The topological polar surface area (TPSA) is 40.5 Å². The molecule has 0 aromatic rings. The van der Waals surface area contributed by atoms with Crippen LogP contribution in [0.25, 0.3) is 0 Å². The van der Waals surface area contributed by atoms with Crippen LogP contribution in [0.1, 0.15) is 64.2 Å². The predicted molar refractivity (Wildman–Crippen MR) is 72.6 cm³/mol. The molecule has 2 aliphatic rings. The first-order chi connectivity index (χ1) is 8.68. The van der Waals surface area contributed by atoms with Crippen molar-refractivity contribution in [3.8, 4) is 0 Å². The first-order valence-electron chi connectivity index (χ1n) is 7.63. The Morgan fingerprint density at radius 1 is 0.889 bits per heavy atom. The molecule has 0 heterocycles. The van der Waals surface area contributed by atoms with Gasteiger partial charge < -0.3 is 10.0 Å². The summed E-state index contributed by atoms with van der Waals surface area (Å²) in [5.74, 6) is -0.672. The lowest BCUT2D eigenvalue weighted by Crippen LogP contribution is -2.42. The normalized spacial score (nSPS) is 31.2. The molecule has 2 saturated carbocycles. The van der Waals surface area contributed by atoms with Crippen molar-refractivity contribution in [1.29, 1.82) is 0 Å². The van der Waals surface area contributed by atoms with Crippen LogP contribution in [0.15, 0.2) is 0 Å². The van der Waals surface area contributed by atoms with Gasteiger partial charge in [-0.1, -0.05) is 25.7 Å². The number of carbonyl (C=O) groups is 1. The second-order valence-corrected chi connectivity index (χ2v) is 6.15. The minimum atomic E-state index is -0.592. The van der Waals surface area contributed by atoms with E-state index >= 15 is 0 Å². The molecule has 2 rings (SSSR count). The molecule has 0 radical (unpaired) electrons. The lowest BCUT2D eigenvalue weighted by Gasteiger charge is -2.38. The van der Waals surface area contributed by atoms with Gasteiger partial charge >= 0.3 is 5.97 Å². The molecule has 0 aliphatic heterocycles. The van der Waals surface area contributed by atoms with Crippen molar-refractivity contribution in [2.45, 2.75) is 76.3 Å². The monoisotopic (exact) mass is 253 g/mol. The Balaban J connectivity index is 1.82. The molecule has 1 N–H and O–H groups in total. The van der Waals surface area contributed by atoms with E-state index in [4.69, 9.17) is 5.11 Å². The van der Waals surface area contributed by atoms with Crippen molar-refractivity contribution in [3.63, 3.8) is 0 Å². The maximum absolute atomic E-state index is 11.0. The summed E-state index contributed by atoms with van der Waals surface area (Å²) in [6, 6.07) is 1.38. The van der Waals surface area contributed by atoms with Crippen LogP contribution in [0.2, 0.25) is 0 Å². The Morgan fingerprint density at radius 2 is 1.39 bits per heavy atom. The maximum atomic E-state index is 11.0. The number of aliphatic carboxylic acids is 1. The quantitative estimate of drug-likeness (QED) is 0.785. The van der Waals surface area contributed by atoms with Gasteiger partial charge in [-0.2, -0.15) is 0 Å². The van der Waals surface area contributed by atoms with Gasteiger partial charge in [-0.3, -0.25) is 4.79 Å². The highest BCUT2D eigenvalue weighted by Crippen LogP contribution is 2.31. The molecule has 104 valence electrons. The Labute approximate surface area is 111 Å². The van der Waals surface area contributed by atoms with Gasteiger partial charge in [0.2, 0.25) is 0 Å². The van der Waals surface area contributed by atoms with Crippen molar-refractivity contribution >= 4 is 5.97 Å². The second kappa shape index (κ2) is 6.55. The summed E-state index contributed by atoms with van der Waals surface area (Å²) in [5.41, 5.74) is 0. The molecule has 0 unspecified atom stereocenters. The van der Waals surface area contributed by atoms with E-state index in [0.29, 0.717) is 6.04 Å². The van der Waals surface area contributed by atoms with Crippen LogP contribution in [-0.2, 0) is 4.79 Å². The van der Waals surface area contributed by atoms with E-state index in [0.717, 1.165) is 31.7 Å². The van der Waals surface area contributed by atoms with E-state index in [1.165, 1.54) is 38.5 Å². The number of hydrogen-bond acceptors (Lipinski definition) is 2. The van der Waals surface area contributed by atoms with Gasteiger partial charge in [0.1, 0.15) is 0 Å². The summed E-state index contributed by atoms with van der Waals surface area (Å²) in [4.78, 5) is 13.5. The summed E-state index contributed by atoms with van der Waals surface area (Å²) in [6.45, 7) is 0. The van der Waals surface area contributed by atoms with Gasteiger partial charge in [0.15, 0.2) is 0 Å². The number of carboxylic acid groups (broad SMARTS) is 1. The molecular weight excluding hydrogens is 226 g/mol. The van der Waals surface area contributed by atoms with Crippen LogP contribution in [0.3, 0.4) is 0 Å². The third kappa shape index (κ3) is 3.47. The largest absolute Gasteiger partial charge is 0.481 e. The first-order valence-corrected chi connectivity index (χ1v) is 7.63. The molecule has 0 atom stereocenters. The lowest BCUT2D eigenvalue weighted by molar-refractivity contribution is -0.143. The molecule has 0 bridgehead atoms. The lowest BCUT2D eigenvalue weighted by atomic mass is 9.84. The molecule has 0 saturated heterocycles. The summed E-state index contributed by atoms with van der Waals surface area (Å²) in [6.07, 6.45) is 12.1. The minimum Gasteiger partial charge on any atom is -0.481 e. The molecule has 2 aliphatic carbocycles. The fraction of sp³-hybridized carbons (Fsp3) is 0.933. The van der Waals surface area contributed by atoms with Gasteiger partial charge in [0.05, 0.1) is 5.92 Å². The van der Waals surface area contributed by atoms with Crippen molar-refractivity contribution in [2.75, 3.05) is 7.05 Å². The number of rotatable bonds is 3. The van der Waals surface area contributed by atoms with Crippen LogP contribution in [0, 0.1) is 5.92 Å². The Kier molecular flexibility index (Phi) is 5.04. The average molecular weight is 253 g/mol. The van der Waals surface area contributed by atoms with Crippen molar-refractivity contribution in [3.05, 3.63) is 0 Å². The maximum Gasteiger partial charge on any atom is 0.306 e. The molecule has 2 fully saturated rings. The Hall–Kier alpha value is -0.570. The van der Waals surface area contributed by atoms with E-state index in [-0.39, 0.29) is 5.92 Å². The minimum absolute atomic E-state index is 0.0798. The highest BCUT2D eigenvalue weighted by atomic mass is 16.4. The van der Waals surface area contributed by atoms with Gasteiger partial charge in [0, 0.05) is 12.1 Å². The molecule has 3 nitrogen and oxygen atoms in total. The van der Waals surface area contributed by atoms with Crippen LogP contribution in [-0.4, -0.2) is 35.1 Å². The van der Waals surface area contributed by atoms with E-state index in [1.807, 2.05) is 0 Å². The van der Waals surface area contributed by atoms with Crippen LogP contribution in [0.5, 0.6) is 0 Å². The molecule has 0 spiro atoms. The average Bonchev–Trinajstić information content (AvgIpc) is 2.67. The molecule has 0 aromatic carbocycles. The highest BCUT2D eigenvalue weighted by molar-refractivity contribution is 5.70. The van der Waals surface area contributed by atoms with Gasteiger partial charge in [-0.25, -0.2) is 0 Å². The molecule has 0 aromatic heterocycles. The van der Waals surface area contributed by atoms with E-state index < -0.39 is 5.97 Å². The number of carboxylic acids is 1. The summed E-state index contributed by atoms with van der Waals surface area (Å²) >= 11 is 0. The number of hydrogen-bond donors (Lipinski definition) is 1. The smallest absolute Gasteiger partial charge is 0.306 e. The van der Waals surface area contributed by atoms with Gasteiger partial charge in [-0.05, 0) is 45.6 Å². The SMILES string of the molecule is CN(C1CCCCCC1)C1CCC(C(=O)O)CC1. The zero-order valence-electron chi connectivity index (χ0n) is 11.6. The summed E-state index contributed by atoms with van der Waals surface area (Å²) in [7, 11) is 2.27. The third-order valence-corrected chi connectivity index (χ3v) is 5.02. The van der Waals surface area contributed by atoms with E-state index in [9.17, 15) is 4.79 Å². The highest BCUT2D eigenvalue weighted by Gasteiger charge is 2.30. The van der Waals surface area contributed by atoms with Crippen LogP contribution < -0.4 is 0 Å². The van der Waals surface area contributed by atoms with E-state index in [2.05, 4.69) is 11.9 Å². The molecular formula is C15H27NO2. The van der Waals surface area contributed by atoms with Crippen molar-refractivity contribution in [2.24, 2.45) is 5.92 Å². The molecule has 3 heteroatoms. The number of nitrogens with zero attached hydrogens (tertiary/aromatic N) is 1. The first kappa shape index (κ1) is 13.9. The molecule has 0 amide bonds. The van der Waals surface area contributed by atoms with Crippen LogP contribution >= 0.6 is 0 Å². The fourth-order valence-corrected chi connectivity index (χ4v) is 3.69. The fourth-order valence-electron chi connectivity index (χ4n) is 3.69. The van der Waals surface area contributed by atoms with Gasteiger partial charge in [0.25, 0.3) is 0 Å². The van der Waals surface area contributed by atoms with Crippen molar-refractivity contribution < 1.29 is 9.90 Å². The third-order valence-electron chi connectivity index (χ3n) is 5.02. The van der Waals surface area contributed by atoms with E-state index in [1.54, 1.807) is 0 Å². The second-order valence-electron chi connectivity index (χ2n) is 6.15. The van der Waals surface area contributed by atoms with Gasteiger partial charge in [-0.15, -0.1) is 0 Å². The summed E-state index contributed by atoms with van der Waals surface area (Å²) in [5, 5.41) is 9.04. The van der Waals surface area contributed by atoms with Crippen LogP contribution in [0.4, 0.5) is 0 Å². The molecule has 18 heavy (non-hydrogen) atoms. The predicted octanol–water partition coefficient (Wildman–Crippen LogP) is 3.28.